The third kappa shape index (κ3) is 55.4. The summed E-state index contributed by atoms with van der Waals surface area (Å²) in [6, 6.07) is 0. The predicted molar refractivity (Wildman–Crippen MR) is 300 cm³/mol. The van der Waals surface area contributed by atoms with Gasteiger partial charge in [-0.2, -0.15) is 0 Å². The fourth-order valence-corrected chi connectivity index (χ4v) is 8.95. The van der Waals surface area contributed by atoms with E-state index in [1.54, 1.807) is 0 Å². The molecule has 71 heavy (non-hydrogen) atoms. The summed E-state index contributed by atoms with van der Waals surface area (Å²) in [7, 11) is 5.97. The molecule has 0 saturated heterocycles. The van der Waals surface area contributed by atoms with E-state index in [2.05, 4.69) is 38.2 Å². The van der Waals surface area contributed by atoms with Gasteiger partial charge in [0.2, 0.25) is 0 Å². The van der Waals surface area contributed by atoms with Crippen LogP contribution < -0.4 is 0 Å². The van der Waals surface area contributed by atoms with E-state index in [-0.39, 0.29) is 32.2 Å². The van der Waals surface area contributed by atoms with Gasteiger partial charge in [0, 0.05) is 12.8 Å². The van der Waals surface area contributed by atoms with Gasteiger partial charge < -0.3 is 28.5 Å². The summed E-state index contributed by atoms with van der Waals surface area (Å²) in [5, 5.41) is 9.69. The molecule has 0 bridgehead atoms. The molecule has 0 radical (unpaired) electrons. The van der Waals surface area contributed by atoms with E-state index in [0.29, 0.717) is 17.4 Å². The normalized spacial score (nSPS) is 12.9. The van der Waals surface area contributed by atoms with Crippen LogP contribution in [0.2, 0.25) is 0 Å². The highest BCUT2D eigenvalue weighted by molar-refractivity contribution is 5.71. The molecule has 418 valence electrons. The third-order valence-electron chi connectivity index (χ3n) is 13.7. The molecule has 0 aliphatic carbocycles. The molecule has 0 amide bonds. The number of esters is 2. The van der Waals surface area contributed by atoms with Crippen molar-refractivity contribution in [3.8, 4) is 0 Å². The number of unbranched alkanes of at least 4 members (excludes halogenated alkanes) is 38. The Labute approximate surface area is 439 Å². The molecule has 2 unspecified atom stereocenters. The summed E-state index contributed by atoms with van der Waals surface area (Å²) in [6.07, 6.45) is 61.4. The SMILES string of the molecule is CCCCCC/C=C\CCCCCCCC(=O)OCC(COC(OCC[N+](C)(C)C)C(=O)O)OC(=O)CCCCCCCCCCCCCCCCCCCCCCC/C=C\CCCCCCCCCC. The van der Waals surface area contributed by atoms with E-state index in [9.17, 15) is 19.5 Å². The molecule has 0 aromatic carbocycles. The van der Waals surface area contributed by atoms with Crippen molar-refractivity contribution in [3.05, 3.63) is 24.3 Å². The van der Waals surface area contributed by atoms with Gasteiger partial charge in [0.05, 0.1) is 34.4 Å². The van der Waals surface area contributed by atoms with Gasteiger partial charge in [-0.25, -0.2) is 4.79 Å². The molecule has 0 fully saturated rings. The zero-order chi connectivity index (χ0) is 52.0. The molecule has 0 rings (SSSR count). The molecule has 1 N–H and O–H groups in total. The van der Waals surface area contributed by atoms with Gasteiger partial charge in [-0.1, -0.05) is 244 Å². The summed E-state index contributed by atoms with van der Waals surface area (Å²) in [4.78, 5) is 37.3. The van der Waals surface area contributed by atoms with Crippen molar-refractivity contribution < 1.29 is 42.9 Å². The van der Waals surface area contributed by atoms with Gasteiger partial charge in [-0.3, -0.25) is 9.59 Å². The van der Waals surface area contributed by atoms with Crippen molar-refractivity contribution in [1.82, 2.24) is 0 Å². The van der Waals surface area contributed by atoms with Crippen LogP contribution in [0.5, 0.6) is 0 Å². The Morgan fingerprint density at radius 3 is 1.06 bits per heavy atom. The van der Waals surface area contributed by atoms with Crippen LogP contribution in [0.1, 0.15) is 296 Å². The van der Waals surface area contributed by atoms with E-state index in [1.165, 1.54) is 218 Å². The van der Waals surface area contributed by atoms with Crippen LogP contribution in [0.4, 0.5) is 0 Å². The molecule has 0 aromatic heterocycles. The number of allylic oxidation sites excluding steroid dienone is 4. The number of carbonyl (C=O) groups excluding carboxylic acids is 2. The molecule has 0 spiro atoms. The topological polar surface area (TPSA) is 108 Å². The summed E-state index contributed by atoms with van der Waals surface area (Å²) in [5.41, 5.74) is 0. The maximum atomic E-state index is 12.9. The predicted octanol–water partition coefficient (Wildman–Crippen LogP) is 17.9. The monoisotopic (exact) mass is 1000 g/mol. The maximum Gasteiger partial charge on any atom is 0.361 e. The lowest BCUT2D eigenvalue weighted by molar-refractivity contribution is -0.870. The minimum atomic E-state index is -1.51. The van der Waals surface area contributed by atoms with Crippen LogP contribution in [0.25, 0.3) is 0 Å². The first-order chi connectivity index (χ1) is 34.6. The number of hydrogen-bond donors (Lipinski definition) is 1. The number of likely N-dealkylation sites (N-methyl/N-ethyl adjacent to an activating group) is 1. The van der Waals surface area contributed by atoms with E-state index in [1.807, 2.05) is 21.1 Å². The molecule has 0 aromatic rings. The lowest BCUT2D eigenvalue weighted by Crippen LogP contribution is -2.40. The molecule has 2 atom stereocenters. The second kappa shape index (κ2) is 54.0. The van der Waals surface area contributed by atoms with Crippen LogP contribution in [-0.2, 0) is 33.3 Å². The average molecular weight is 1010 g/mol. The molecular weight excluding hydrogens is 887 g/mol. The van der Waals surface area contributed by atoms with Gasteiger partial charge in [0.25, 0.3) is 6.29 Å². The number of aliphatic carboxylic acids is 1. The smallest absolute Gasteiger partial charge is 0.361 e. The van der Waals surface area contributed by atoms with Gasteiger partial charge in [0.15, 0.2) is 6.10 Å². The van der Waals surface area contributed by atoms with Crippen molar-refractivity contribution in [2.45, 2.75) is 309 Å². The number of rotatable bonds is 57. The lowest BCUT2D eigenvalue weighted by Gasteiger charge is -2.25. The number of hydrogen-bond acceptors (Lipinski definition) is 7. The van der Waals surface area contributed by atoms with Crippen LogP contribution in [-0.4, -0.2) is 87.4 Å². The molecule has 0 aliphatic heterocycles. The number of quaternary nitrogens is 1. The van der Waals surface area contributed by atoms with Crippen molar-refractivity contribution in [1.29, 1.82) is 0 Å². The highest BCUT2D eigenvalue weighted by Gasteiger charge is 2.25. The van der Waals surface area contributed by atoms with Gasteiger partial charge in [0.1, 0.15) is 13.2 Å². The van der Waals surface area contributed by atoms with Gasteiger partial charge >= 0.3 is 17.9 Å². The molecule has 9 heteroatoms. The second-order valence-corrected chi connectivity index (χ2v) is 22.0. The molecule has 0 aliphatic rings. The quantitative estimate of drug-likeness (QED) is 0.0211. The highest BCUT2D eigenvalue weighted by atomic mass is 16.7. The van der Waals surface area contributed by atoms with Crippen LogP contribution in [0.3, 0.4) is 0 Å². The fourth-order valence-electron chi connectivity index (χ4n) is 8.95. The molecule has 9 nitrogen and oxygen atoms in total. The summed E-state index contributed by atoms with van der Waals surface area (Å²) in [5.74, 6) is -2.00. The Morgan fingerprint density at radius 2 is 0.718 bits per heavy atom. The fraction of sp³-hybridized carbons (Fsp3) is 0.887. The van der Waals surface area contributed by atoms with Crippen LogP contribution >= 0.6 is 0 Å². The van der Waals surface area contributed by atoms with E-state index >= 15 is 0 Å². The van der Waals surface area contributed by atoms with Crippen LogP contribution in [0.15, 0.2) is 24.3 Å². The minimum absolute atomic E-state index is 0.182. The standard InChI is InChI=1S/C62H117NO8/c1-6-8-10-12-14-16-18-20-21-22-23-24-25-26-27-28-29-30-31-32-33-34-35-36-37-38-39-41-43-45-47-49-51-53-60(65)71-58(57-70-62(61(66)67)68-55-54-63(3,4)5)56-69-59(64)52-50-48-46-44-42-40-19-17-15-13-11-9-7-2/h17,19,22-23,58,62H,6-16,18,20-21,24-57H2,1-5H3/p+1/b19-17-,23-22-. The Morgan fingerprint density at radius 1 is 0.408 bits per heavy atom. The first-order valence-corrected chi connectivity index (χ1v) is 30.5. The van der Waals surface area contributed by atoms with Crippen LogP contribution in [0, 0.1) is 0 Å². The number of ether oxygens (including phenoxy) is 4. The lowest BCUT2D eigenvalue weighted by atomic mass is 10.0. The number of carboxylic acids is 1. The van der Waals surface area contributed by atoms with Crippen molar-refractivity contribution >= 4 is 17.9 Å². The van der Waals surface area contributed by atoms with E-state index < -0.39 is 24.3 Å². The number of carboxylic acid groups (broad SMARTS) is 1. The first kappa shape index (κ1) is 68.8. The summed E-state index contributed by atoms with van der Waals surface area (Å²) in [6.45, 7) is 4.89. The first-order valence-electron chi connectivity index (χ1n) is 30.5. The van der Waals surface area contributed by atoms with Crippen molar-refractivity contribution in [2.24, 2.45) is 0 Å². The average Bonchev–Trinajstić information content (AvgIpc) is 3.34. The zero-order valence-corrected chi connectivity index (χ0v) is 47.7. The number of nitrogens with zero attached hydrogens (tertiary/aromatic N) is 1. The van der Waals surface area contributed by atoms with Crippen molar-refractivity contribution in [2.75, 3.05) is 47.5 Å². The number of carbonyl (C=O) groups is 3. The summed E-state index contributed by atoms with van der Waals surface area (Å²) < 4.78 is 22.9. The second-order valence-electron chi connectivity index (χ2n) is 22.0. The molecular formula is C62H118NO8+. The Kier molecular flexibility index (Phi) is 52.3. The van der Waals surface area contributed by atoms with E-state index in [4.69, 9.17) is 18.9 Å². The van der Waals surface area contributed by atoms with Crippen molar-refractivity contribution in [3.63, 3.8) is 0 Å². The maximum absolute atomic E-state index is 12.9. The Hall–Kier alpha value is -2.23. The van der Waals surface area contributed by atoms with Gasteiger partial charge in [-0.15, -0.1) is 0 Å². The van der Waals surface area contributed by atoms with Gasteiger partial charge in [-0.05, 0) is 64.2 Å². The highest BCUT2D eigenvalue weighted by Crippen LogP contribution is 2.17. The third-order valence-corrected chi connectivity index (χ3v) is 13.7. The Bertz CT molecular complexity index is 1210. The molecule has 0 heterocycles. The van der Waals surface area contributed by atoms with E-state index in [0.717, 1.165) is 51.4 Å². The minimum Gasteiger partial charge on any atom is -0.477 e. The summed E-state index contributed by atoms with van der Waals surface area (Å²) >= 11 is 0. The Balaban J connectivity index is 4.02. The largest absolute Gasteiger partial charge is 0.477 e. The molecule has 0 saturated carbocycles. The zero-order valence-electron chi connectivity index (χ0n) is 47.7.